The minimum absolute atomic E-state index is 0. The topological polar surface area (TPSA) is 57.0 Å². The molecule has 0 radical (unpaired) electrons. The van der Waals surface area contributed by atoms with Crippen LogP contribution >= 0.6 is 0 Å². The Balaban J connectivity index is 0.00000162. The molecule has 2 aromatic rings. The van der Waals surface area contributed by atoms with E-state index >= 15 is 0 Å². The van der Waals surface area contributed by atoms with E-state index in [1.165, 1.54) is 0 Å². The quantitative estimate of drug-likeness (QED) is 0.555. The summed E-state index contributed by atoms with van der Waals surface area (Å²) < 4.78 is 73.5. The molecule has 0 spiro atoms. The summed E-state index contributed by atoms with van der Waals surface area (Å²) in [5.41, 5.74) is -1.70. The molecule has 0 saturated carbocycles. The number of nitrogens with zero attached hydrogens (tertiary/aromatic N) is 2. The number of fused-ring (bicyclic) bond motifs is 1. The van der Waals surface area contributed by atoms with Crippen LogP contribution in [-0.2, 0) is 12.4 Å². The molecule has 10 heteroatoms. The summed E-state index contributed by atoms with van der Waals surface area (Å²) in [6, 6.07) is 2.06. The van der Waals surface area contributed by atoms with Crippen LogP contribution in [0.2, 0.25) is 0 Å². The van der Waals surface area contributed by atoms with Crippen LogP contribution in [0.25, 0.3) is 11.0 Å². The smallest absolute Gasteiger partial charge is 0.870 e. The third kappa shape index (κ3) is 3.98. The largest absolute Gasteiger partial charge is 2.00 e. The molecule has 0 atom stereocenters. The zero-order chi connectivity index (χ0) is 12.8. The molecule has 1 N–H and O–H groups in total. The van der Waals surface area contributed by atoms with Gasteiger partial charge >= 0.3 is 50.1 Å². The van der Waals surface area contributed by atoms with Crippen LogP contribution < -0.4 is 4.98 Å². The standard InChI is InChI=1S/C9H3F6N2.Ca.H2O/c10-8(11,12)4-1-2-5-6(3-4)17-7(16-5)9(13,14)15;;/h1-3H;;1H2/q-1;+2;/p-1. The number of alkyl halides is 6. The van der Waals surface area contributed by atoms with Crippen molar-refractivity contribution >= 4 is 48.8 Å². The number of halogens is 6. The zero-order valence-electron chi connectivity index (χ0n) is 9.05. The maximum Gasteiger partial charge on any atom is 2.00 e. The first-order valence-corrected chi connectivity index (χ1v) is 4.27. The van der Waals surface area contributed by atoms with Gasteiger partial charge in [-0.25, -0.2) is 0 Å². The van der Waals surface area contributed by atoms with Crippen molar-refractivity contribution in [1.82, 2.24) is 9.97 Å². The molecule has 3 nitrogen and oxygen atoms in total. The summed E-state index contributed by atoms with van der Waals surface area (Å²) >= 11 is 0. The second kappa shape index (κ2) is 5.86. The van der Waals surface area contributed by atoms with Gasteiger partial charge in [0.2, 0.25) is 0 Å². The molecule has 0 aliphatic heterocycles. The molecule has 0 bridgehead atoms. The Morgan fingerprint density at radius 2 is 1.53 bits per heavy atom. The molecule has 0 fully saturated rings. The van der Waals surface area contributed by atoms with Gasteiger partial charge < -0.3 is 15.4 Å². The van der Waals surface area contributed by atoms with Gasteiger partial charge in [0.1, 0.15) is 0 Å². The molecular formula is C9H4CaF6N2O. The van der Waals surface area contributed by atoms with Crippen molar-refractivity contribution in [3.05, 3.63) is 29.6 Å². The van der Waals surface area contributed by atoms with Crippen molar-refractivity contribution in [3.8, 4) is 0 Å². The van der Waals surface area contributed by atoms with Gasteiger partial charge in [0, 0.05) is 5.82 Å². The van der Waals surface area contributed by atoms with E-state index in [1.807, 2.05) is 0 Å². The third-order valence-corrected chi connectivity index (χ3v) is 2.01. The molecule has 0 saturated heterocycles. The summed E-state index contributed by atoms with van der Waals surface area (Å²) in [5.74, 6) is -1.44. The summed E-state index contributed by atoms with van der Waals surface area (Å²) in [7, 11) is 0. The molecule has 1 aromatic heterocycles. The van der Waals surface area contributed by atoms with Crippen LogP contribution in [-0.4, -0.2) is 48.2 Å². The fraction of sp³-hybridized carbons (Fsp3) is 0.222. The Morgan fingerprint density at radius 3 is 2.00 bits per heavy atom. The van der Waals surface area contributed by atoms with E-state index in [9.17, 15) is 26.3 Å². The van der Waals surface area contributed by atoms with E-state index in [1.54, 1.807) is 0 Å². The van der Waals surface area contributed by atoms with Crippen LogP contribution in [0, 0.1) is 0 Å². The molecular weight excluding hydrogens is 306 g/mol. The van der Waals surface area contributed by atoms with Crippen molar-refractivity contribution in [1.29, 1.82) is 0 Å². The number of hydrogen-bond donors (Lipinski definition) is 0. The van der Waals surface area contributed by atoms with Crippen molar-refractivity contribution in [2.24, 2.45) is 0 Å². The zero-order valence-corrected chi connectivity index (χ0v) is 11.3. The maximum atomic E-state index is 12.3. The van der Waals surface area contributed by atoms with Crippen LogP contribution in [0.4, 0.5) is 26.3 Å². The van der Waals surface area contributed by atoms with Gasteiger partial charge in [-0.2, -0.15) is 26.3 Å². The number of rotatable bonds is 0. The molecule has 0 aliphatic carbocycles. The minimum Gasteiger partial charge on any atom is -0.870 e. The monoisotopic (exact) mass is 310 g/mol. The molecule has 0 aliphatic rings. The summed E-state index contributed by atoms with van der Waals surface area (Å²) in [4.78, 5) is 6.13. The van der Waals surface area contributed by atoms with Crippen molar-refractivity contribution < 1.29 is 31.8 Å². The average Bonchev–Trinajstić information content (AvgIpc) is 2.57. The maximum absolute atomic E-state index is 12.3. The molecule has 100 valence electrons. The van der Waals surface area contributed by atoms with Gasteiger partial charge in [0.15, 0.2) is 0 Å². The van der Waals surface area contributed by atoms with Crippen molar-refractivity contribution in [3.63, 3.8) is 0 Å². The third-order valence-electron chi connectivity index (χ3n) is 2.01. The van der Waals surface area contributed by atoms with E-state index in [0.29, 0.717) is 12.1 Å². The fourth-order valence-electron chi connectivity index (χ4n) is 1.26. The first-order valence-electron chi connectivity index (χ1n) is 4.27. The van der Waals surface area contributed by atoms with Crippen LogP contribution in [0.15, 0.2) is 18.2 Å². The van der Waals surface area contributed by atoms with Gasteiger partial charge in [0.05, 0.1) is 5.56 Å². The van der Waals surface area contributed by atoms with Gasteiger partial charge in [-0.15, -0.1) is 0 Å². The van der Waals surface area contributed by atoms with E-state index in [2.05, 4.69) is 9.97 Å². The minimum atomic E-state index is -4.77. The first kappa shape index (κ1) is 18.5. The van der Waals surface area contributed by atoms with Crippen LogP contribution in [0.3, 0.4) is 0 Å². The molecule has 1 heterocycles. The Bertz CT molecular complexity index is 550. The second-order valence-electron chi connectivity index (χ2n) is 3.25. The van der Waals surface area contributed by atoms with Gasteiger partial charge in [0.25, 0.3) is 0 Å². The average molecular weight is 310 g/mol. The van der Waals surface area contributed by atoms with Gasteiger partial charge in [-0.05, 0) is 23.2 Å². The first-order chi connectivity index (χ1) is 7.68. The van der Waals surface area contributed by atoms with Crippen LogP contribution in [0.1, 0.15) is 11.4 Å². The molecule has 2 rings (SSSR count). The number of benzene rings is 1. The predicted molar refractivity (Wildman–Crippen MR) is 52.8 cm³/mol. The molecule has 0 unspecified atom stereocenters. The van der Waals surface area contributed by atoms with E-state index in [0.717, 1.165) is 6.07 Å². The molecule has 1 aromatic carbocycles. The number of aromatic nitrogens is 2. The number of imidazole rings is 1. The number of hydrogen-bond acceptors (Lipinski definition) is 2. The van der Waals surface area contributed by atoms with E-state index in [-0.39, 0.29) is 48.7 Å². The molecule has 19 heavy (non-hydrogen) atoms. The summed E-state index contributed by atoms with van der Waals surface area (Å²) in [6.45, 7) is 0. The molecule has 0 amide bonds. The fourth-order valence-corrected chi connectivity index (χ4v) is 1.26. The Labute approximate surface area is 132 Å². The Hall–Kier alpha value is -0.510. The van der Waals surface area contributed by atoms with E-state index in [4.69, 9.17) is 0 Å². The Kier molecular flexibility index (Phi) is 5.70. The van der Waals surface area contributed by atoms with E-state index < -0.39 is 29.3 Å². The summed E-state index contributed by atoms with van der Waals surface area (Å²) in [6.07, 6.45) is -9.39. The summed E-state index contributed by atoms with van der Waals surface area (Å²) in [5, 5.41) is 0. The van der Waals surface area contributed by atoms with Crippen molar-refractivity contribution in [2.45, 2.75) is 12.4 Å². The van der Waals surface area contributed by atoms with Crippen LogP contribution in [0.5, 0.6) is 0 Å². The van der Waals surface area contributed by atoms with Gasteiger partial charge in [-0.1, -0.05) is 6.07 Å². The normalized spacial score (nSPS) is 11.9. The SMILES string of the molecule is FC(F)(F)c1ccc2[n-]c(C(F)(F)F)nc2c1.[Ca+2].[OH-]. The second-order valence-corrected chi connectivity index (χ2v) is 3.25. The Morgan fingerprint density at radius 1 is 0.947 bits per heavy atom. The van der Waals surface area contributed by atoms with Crippen molar-refractivity contribution in [2.75, 3.05) is 0 Å². The predicted octanol–water partition coefficient (Wildman–Crippen LogP) is 2.67. The van der Waals surface area contributed by atoms with Gasteiger partial charge in [-0.3, -0.25) is 0 Å².